The van der Waals surface area contributed by atoms with Crippen molar-refractivity contribution in [1.29, 1.82) is 0 Å². The van der Waals surface area contributed by atoms with Crippen LogP contribution < -0.4 is 14.9 Å². The first-order valence-electron chi connectivity index (χ1n) is 14.2. The lowest BCUT2D eigenvalue weighted by molar-refractivity contribution is -0.138. The molecule has 6 nitrogen and oxygen atoms in total. The molecule has 1 unspecified atom stereocenters. The van der Waals surface area contributed by atoms with Crippen LogP contribution in [0.4, 0.5) is 4.39 Å². The summed E-state index contributed by atoms with van der Waals surface area (Å²) in [7, 11) is 0. The average molecular weight is 620 g/mol. The molecule has 7 rings (SSSR count). The van der Waals surface area contributed by atoms with E-state index in [9.17, 15) is 14.0 Å². The highest BCUT2D eigenvalue weighted by Gasteiger charge is 2.35. The molecule has 0 amide bonds. The van der Waals surface area contributed by atoms with Crippen molar-refractivity contribution in [3.63, 3.8) is 0 Å². The van der Waals surface area contributed by atoms with Crippen molar-refractivity contribution in [2.24, 2.45) is 4.99 Å². The maximum atomic E-state index is 14.5. The molecular weight excluding hydrogens is 594 g/mol. The number of hydrogen-bond donors (Lipinski definition) is 0. The van der Waals surface area contributed by atoms with E-state index in [4.69, 9.17) is 9.73 Å². The summed E-state index contributed by atoms with van der Waals surface area (Å²) in [6.45, 7) is 2.31. The summed E-state index contributed by atoms with van der Waals surface area (Å²) in [4.78, 5) is 34.0. The van der Waals surface area contributed by atoms with E-state index in [0.717, 1.165) is 26.9 Å². The Kier molecular flexibility index (Phi) is 7.41. The van der Waals surface area contributed by atoms with Crippen molar-refractivity contribution in [1.82, 2.24) is 9.13 Å². The minimum Gasteiger partial charge on any atom is -0.463 e. The molecule has 0 saturated heterocycles. The number of aromatic nitrogens is 2. The molecule has 9 heteroatoms. The van der Waals surface area contributed by atoms with Crippen LogP contribution in [-0.2, 0) is 16.1 Å². The number of thiazole rings is 1. The molecule has 3 aromatic heterocycles. The van der Waals surface area contributed by atoms with Gasteiger partial charge in [0.15, 0.2) is 4.80 Å². The molecule has 3 aromatic carbocycles. The maximum absolute atomic E-state index is 14.5. The first-order valence-corrected chi connectivity index (χ1v) is 15.9. The van der Waals surface area contributed by atoms with Gasteiger partial charge < -0.3 is 9.30 Å². The summed E-state index contributed by atoms with van der Waals surface area (Å²) in [6.07, 6.45) is 3.82. The van der Waals surface area contributed by atoms with Gasteiger partial charge in [0.1, 0.15) is 11.9 Å². The number of para-hydroxylation sites is 1. The maximum Gasteiger partial charge on any atom is 0.338 e. The zero-order valence-electron chi connectivity index (χ0n) is 23.6. The number of carbonyl (C=O) groups excluding carboxylic acids is 1. The standard InChI is InChI=1S/C35H26FN3O3S2/c1-2-42-34(41)30-31(22-11-4-3-5-12-22)37-35-39(32(30)28-17-10-18-43-28)33(40)29(44-35)19-24-21-38(27-16-9-7-14-25(24)27)20-23-13-6-8-15-26(23)36/h3-19,21,32H,2,20H2,1H3/b29-19-. The Morgan fingerprint density at radius 3 is 2.55 bits per heavy atom. The van der Waals surface area contributed by atoms with Crippen LogP contribution in [0.25, 0.3) is 22.7 Å². The van der Waals surface area contributed by atoms with Gasteiger partial charge in [0, 0.05) is 38.7 Å². The van der Waals surface area contributed by atoms with Crippen molar-refractivity contribution < 1.29 is 13.9 Å². The summed E-state index contributed by atoms with van der Waals surface area (Å²) in [5.74, 6) is -0.765. The fraction of sp³-hybridized carbons (Fsp3) is 0.114. The minimum absolute atomic E-state index is 0.197. The van der Waals surface area contributed by atoms with Crippen molar-refractivity contribution in [3.8, 4) is 0 Å². The molecular formula is C35H26FN3O3S2. The molecule has 1 aliphatic rings. The lowest BCUT2D eigenvalue weighted by atomic mass is 9.97. The second kappa shape index (κ2) is 11.7. The number of carbonyl (C=O) groups is 1. The van der Waals surface area contributed by atoms with Crippen LogP contribution in [0.1, 0.15) is 34.5 Å². The van der Waals surface area contributed by atoms with E-state index in [1.807, 2.05) is 95.0 Å². The first-order chi connectivity index (χ1) is 21.5. The Balaban J connectivity index is 1.44. The predicted octanol–water partition coefficient (Wildman–Crippen LogP) is 6.14. The van der Waals surface area contributed by atoms with Crippen LogP contribution in [0.2, 0.25) is 0 Å². The third-order valence-corrected chi connectivity index (χ3v) is 9.50. The Bertz CT molecular complexity index is 2230. The van der Waals surface area contributed by atoms with Gasteiger partial charge in [-0.05, 0) is 36.6 Å². The average Bonchev–Trinajstić information content (AvgIpc) is 3.77. The second-order valence-electron chi connectivity index (χ2n) is 10.3. The SMILES string of the molecule is CCOC(=O)C1=C(c2ccccc2)N=c2s/c(=C\c3cn(Cc4ccccc4F)c4ccccc34)c(=O)n2C1c1cccs1. The quantitative estimate of drug-likeness (QED) is 0.202. The second-order valence-corrected chi connectivity index (χ2v) is 12.3. The highest BCUT2D eigenvalue weighted by Crippen LogP contribution is 2.37. The summed E-state index contributed by atoms with van der Waals surface area (Å²) >= 11 is 2.76. The van der Waals surface area contributed by atoms with Gasteiger partial charge in [-0.15, -0.1) is 11.3 Å². The van der Waals surface area contributed by atoms with Crippen molar-refractivity contribution >= 4 is 51.3 Å². The number of hydrogen-bond acceptors (Lipinski definition) is 6. The van der Waals surface area contributed by atoms with Crippen LogP contribution in [0.5, 0.6) is 0 Å². The molecule has 1 atom stereocenters. The number of halogens is 1. The zero-order valence-corrected chi connectivity index (χ0v) is 25.3. The van der Waals surface area contributed by atoms with Gasteiger partial charge in [-0.1, -0.05) is 84.1 Å². The highest BCUT2D eigenvalue weighted by atomic mass is 32.1. The zero-order chi connectivity index (χ0) is 30.2. The first kappa shape index (κ1) is 27.9. The number of fused-ring (bicyclic) bond motifs is 2. The molecule has 218 valence electrons. The molecule has 0 saturated carbocycles. The van der Waals surface area contributed by atoms with E-state index >= 15 is 0 Å². The smallest absolute Gasteiger partial charge is 0.338 e. The minimum atomic E-state index is -0.690. The van der Waals surface area contributed by atoms with Crippen LogP contribution in [0.3, 0.4) is 0 Å². The normalized spacial score (nSPS) is 15.0. The largest absolute Gasteiger partial charge is 0.463 e. The molecule has 0 spiro atoms. The lowest BCUT2D eigenvalue weighted by Crippen LogP contribution is -2.39. The number of nitrogens with zero attached hydrogens (tertiary/aromatic N) is 3. The molecule has 0 fully saturated rings. The molecule has 44 heavy (non-hydrogen) atoms. The van der Waals surface area contributed by atoms with Gasteiger partial charge >= 0.3 is 5.97 Å². The van der Waals surface area contributed by atoms with E-state index in [2.05, 4.69) is 0 Å². The fourth-order valence-electron chi connectivity index (χ4n) is 5.63. The van der Waals surface area contributed by atoms with Gasteiger partial charge in [0.05, 0.1) is 29.0 Å². The number of ether oxygens (including phenoxy) is 1. The monoisotopic (exact) mass is 619 g/mol. The van der Waals surface area contributed by atoms with Gasteiger partial charge in [-0.2, -0.15) is 0 Å². The molecule has 0 bridgehead atoms. The number of thiophene rings is 1. The molecule has 6 aromatic rings. The van der Waals surface area contributed by atoms with E-state index in [0.29, 0.717) is 32.7 Å². The molecule has 0 N–H and O–H groups in total. The Morgan fingerprint density at radius 2 is 1.77 bits per heavy atom. The van der Waals surface area contributed by atoms with Crippen molar-refractivity contribution in [3.05, 3.63) is 155 Å². The van der Waals surface area contributed by atoms with Crippen LogP contribution in [0.15, 0.2) is 118 Å². The summed E-state index contributed by atoms with van der Waals surface area (Å²) < 4.78 is 24.2. The van der Waals surface area contributed by atoms with Gasteiger partial charge in [0.2, 0.25) is 0 Å². The number of benzene rings is 3. The Morgan fingerprint density at radius 1 is 1.00 bits per heavy atom. The van der Waals surface area contributed by atoms with Crippen LogP contribution >= 0.6 is 22.7 Å². The van der Waals surface area contributed by atoms with Crippen LogP contribution in [-0.4, -0.2) is 21.7 Å². The van der Waals surface area contributed by atoms with E-state index < -0.39 is 12.0 Å². The third-order valence-electron chi connectivity index (χ3n) is 7.59. The topological polar surface area (TPSA) is 65.6 Å². The van der Waals surface area contributed by atoms with Crippen LogP contribution in [0, 0.1) is 5.82 Å². The van der Waals surface area contributed by atoms with E-state index in [-0.39, 0.29) is 18.0 Å². The summed E-state index contributed by atoms with van der Waals surface area (Å²) in [5, 5.41) is 2.88. The van der Waals surface area contributed by atoms with Crippen molar-refractivity contribution in [2.75, 3.05) is 6.61 Å². The Hall–Kier alpha value is -4.86. The summed E-state index contributed by atoms with van der Waals surface area (Å²) in [5.41, 5.74) is 3.70. The highest BCUT2D eigenvalue weighted by molar-refractivity contribution is 7.10. The summed E-state index contributed by atoms with van der Waals surface area (Å²) in [6, 6.07) is 27.3. The van der Waals surface area contributed by atoms with Gasteiger partial charge in [-0.25, -0.2) is 14.2 Å². The predicted molar refractivity (Wildman–Crippen MR) is 173 cm³/mol. The molecule has 1 aliphatic heterocycles. The molecule has 0 radical (unpaired) electrons. The number of esters is 1. The molecule has 0 aliphatic carbocycles. The fourth-order valence-corrected chi connectivity index (χ4v) is 7.44. The molecule has 4 heterocycles. The third kappa shape index (κ3) is 4.94. The lowest BCUT2D eigenvalue weighted by Gasteiger charge is -2.24. The van der Waals surface area contributed by atoms with Gasteiger partial charge in [0.25, 0.3) is 5.56 Å². The van der Waals surface area contributed by atoms with Gasteiger partial charge in [-0.3, -0.25) is 9.36 Å². The van der Waals surface area contributed by atoms with E-state index in [1.54, 1.807) is 23.6 Å². The van der Waals surface area contributed by atoms with E-state index in [1.165, 1.54) is 28.7 Å². The number of rotatable bonds is 7. The Labute approximate surface area is 260 Å². The van der Waals surface area contributed by atoms with Crippen molar-refractivity contribution in [2.45, 2.75) is 19.5 Å².